The Hall–Kier alpha value is -0.830. The number of nitrogens with zero attached hydrogens (tertiary/aromatic N) is 2. The molecular weight excluding hydrogens is 248 g/mol. The van der Waals surface area contributed by atoms with E-state index in [4.69, 9.17) is 5.10 Å². The van der Waals surface area contributed by atoms with Crippen molar-refractivity contribution in [3.63, 3.8) is 0 Å². The highest BCUT2D eigenvalue weighted by molar-refractivity contribution is 5.29. The summed E-state index contributed by atoms with van der Waals surface area (Å²) in [6.45, 7) is 7.41. The lowest BCUT2D eigenvalue weighted by Crippen LogP contribution is -2.17. The number of aryl methyl sites for hydroxylation is 1. The van der Waals surface area contributed by atoms with Crippen LogP contribution in [0.3, 0.4) is 0 Å². The minimum absolute atomic E-state index is 0.347. The summed E-state index contributed by atoms with van der Waals surface area (Å²) in [5.74, 6) is 0.783. The van der Waals surface area contributed by atoms with Gasteiger partial charge in [-0.2, -0.15) is 5.10 Å². The van der Waals surface area contributed by atoms with E-state index in [-0.39, 0.29) is 6.10 Å². The van der Waals surface area contributed by atoms with Crippen LogP contribution < -0.4 is 0 Å². The number of aliphatic hydroxyl groups is 1. The maximum Gasteiger partial charge on any atom is 0.0823 e. The molecule has 0 aromatic carbocycles. The molecule has 1 aromatic heterocycles. The van der Waals surface area contributed by atoms with Crippen LogP contribution in [-0.4, -0.2) is 14.9 Å². The summed E-state index contributed by atoms with van der Waals surface area (Å²) in [5.41, 5.74) is 3.49. The summed E-state index contributed by atoms with van der Waals surface area (Å²) in [7, 11) is 0. The molecule has 3 nitrogen and oxygen atoms in total. The Labute approximate surface area is 123 Å². The van der Waals surface area contributed by atoms with E-state index in [0.29, 0.717) is 0 Å². The van der Waals surface area contributed by atoms with Gasteiger partial charge in [-0.25, -0.2) is 0 Å². The van der Waals surface area contributed by atoms with Gasteiger partial charge in [0.25, 0.3) is 0 Å². The SMILES string of the molecule is CCc1nn(CC2CCCCC2)c(CC)c1C(O)CC. The molecule has 2 rings (SSSR count). The third-order valence-corrected chi connectivity index (χ3v) is 4.72. The molecule has 1 fully saturated rings. The second-order valence-electron chi connectivity index (χ2n) is 6.12. The molecule has 0 aliphatic heterocycles. The van der Waals surface area contributed by atoms with Crippen LogP contribution in [0.4, 0.5) is 0 Å². The van der Waals surface area contributed by atoms with Crippen LogP contribution in [0, 0.1) is 5.92 Å². The van der Waals surface area contributed by atoms with Crippen LogP contribution in [0.2, 0.25) is 0 Å². The van der Waals surface area contributed by atoms with Crippen molar-refractivity contribution < 1.29 is 5.11 Å². The van der Waals surface area contributed by atoms with Gasteiger partial charge in [0, 0.05) is 17.8 Å². The van der Waals surface area contributed by atoms with Gasteiger partial charge in [0.1, 0.15) is 0 Å². The van der Waals surface area contributed by atoms with E-state index in [0.717, 1.165) is 43.0 Å². The van der Waals surface area contributed by atoms with Crippen molar-refractivity contribution in [1.29, 1.82) is 0 Å². The molecule has 1 atom stereocenters. The van der Waals surface area contributed by atoms with Gasteiger partial charge in [-0.05, 0) is 38.0 Å². The van der Waals surface area contributed by atoms with Crippen molar-refractivity contribution in [2.75, 3.05) is 0 Å². The highest BCUT2D eigenvalue weighted by Gasteiger charge is 2.23. The van der Waals surface area contributed by atoms with Gasteiger partial charge in [0.2, 0.25) is 0 Å². The molecule has 1 aliphatic carbocycles. The molecule has 114 valence electrons. The maximum atomic E-state index is 10.3. The maximum absolute atomic E-state index is 10.3. The first-order valence-corrected chi connectivity index (χ1v) is 8.47. The summed E-state index contributed by atoms with van der Waals surface area (Å²) in [5, 5.41) is 15.1. The number of hydrogen-bond donors (Lipinski definition) is 1. The predicted octanol–water partition coefficient (Wildman–Crippen LogP) is 4.03. The molecule has 1 saturated carbocycles. The van der Waals surface area contributed by atoms with Gasteiger partial charge in [0.15, 0.2) is 0 Å². The molecule has 1 N–H and O–H groups in total. The molecule has 3 heteroatoms. The highest BCUT2D eigenvalue weighted by Crippen LogP contribution is 2.29. The molecule has 0 saturated heterocycles. The average molecular weight is 278 g/mol. The number of aromatic nitrogens is 2. The van der Waals surface area contributed by atoms with Gasteiger partial charge in [-0.1, -0.05) is 40.0 Å². The van der Waals surface area contributed by atoms with Gasteiger partial charge in [-0.3, -0.25) is 4.68 Å². The Morgan fingerprint density at radius 3 is 2.40 bits per heavy atom. The fourth-order valence-electron chi connectivity index (χ4n) is 3.55. The van der Waals surface area contributed by atoms with Crippen LogP contribution in [-0.2, 0) is 19.4 Å². The Balaban J connectivity index is 2.25. The summed E-state index contributed by atoms with van der Waals surface area (Å²) in [6, 6.07) is 0. The Morgan fingerprint density at radius 1 is 1.15 bits per heavy atom. The van der Waals surface area contributed by atoms with Crippen LogP contribution in [0.1, 0.15) is 82.4 Å². The monoisotopic (exact) mass is 278 g/mol. The first-order chi connectivity index (χ1) is 9.71. The van der Waals surface area contributed by atoms with Gasteiger partial charge < -0.3 is 5.11 Å². The fraction of sp³-hybridized carbons (Fsp3) is 0.824. The van der Waals surface area contributed by atoms with Crippen molar-refractivity contribution in [3.05, 3.63) is 17.0 Å². The zero-order valence-electron chi connectivity index (χ0n) is 13.4. The molecule has 1 aliphatic rings. The molecule has 0 bridgehead atoms. The Morgan fingerprint density at radius 2 is 1.85 bits per heavy atom. The van der Waals surface area contributed by atoms with Crippen LogP contribution >= 0.6 is 0 Å². The van der Waals surface area contributed by atoms with E-state index in [2.05, 4.69) is 18.5 Å². The van der Waals surface area contributed by atoms with Crippen molar-refractivity contribution in [1.82, 2.24) is 9.78 Å². The molecule has 0 radical (unpaired) electrons. The molecule has 0 amide bonds. The van der Waals surface area contributed by atoms with Crippen LogP contribution in [0.15, 0.2) is 0 Å². The average Bonchev–Trinajstić information content (AvgIpc) is 2.85. The Bertz CT molecular complexity index is 419. The molecule has 20 heavy (non-hydrogen) atoms. The van der Waals surface area contributed by atoms with E-state index in [1.54, 1.807) is 0 Å². The lowest BCUT2D eigenvalue weighted by atomic mass is 9.89. The van der Waals surface area contributed by atoms with E-state index >= 15 is 0 Å². The Kier molecular flexibility index (Phi) is 5.64. The van der Waals surface area contributed by atoms with Crippen molar-refractivity contribution in [3.8, 4) is 0 Å². The van der Waals surface area contributed by atoms with E-state index in [1.165, 1.54) is 37.8 Å². The van der Waals surface area contributed by atoms with Gasteiger partial charge in [-0.15, -0.1) is 0 Å². The number of hydrogen-bond acceptors (Lipinski definition) is 2. The zero-order chi connectivity index (χ0) is 14.5. The van der Waals surface area contributed by atoms with Crippen molar-refractivity contribution in [2.45, 2.75) is 84.8 Å². The first kappa shape index (κ1) is 15.6. The summed E-state index contributed by atoms with van der Waals surface area (Å²) < 4.78 is 2.21. The molecule has 0 spiro atoms. The number of aliphatic hydroxyl groups excluding tert-OH is 1. The van der Waals surface area contributed by atoms with E-state index < -0.39 is 0 Å². The van der Waals surface area contributed by atoms with Crippen LogP contribution in [0.25, 0.3) is 0 Å². The largest absolute Gasteiger partial charge is 0.388 e. The quantitative estimate of drug-likeness (QED) is 0.853. The summed E-state index contributed by atoms with van der Waals surface area (Å²) >= 11 is 0. The molecule has 1 unspecified atom stereocenters. The van der Waals surface area contributed by atoms with Gasteiger partial charge >= 0.3 is 0 Å². The lowest BCUT2D eigenvalue weighted by molar-refractivity contribution is 0.171. The number of rotatable bonds is 6. The standard InChI is InChI=1S/C17H30N2O/c1-4-14-17(16(20)6-3)15(5-2)19(18-14)12-13-10-8-7-9-11-13/h13,16,20H,4-12H2,1-3H3. The lowest BCUT2D eigenvalue weighted by Gasteiger charge is -2.22. The fourth-order valence-corrected chi connectivity index (χ4v) is 3.55. The zero-order valence-corrected chi connectivity index (χ0v) is 13.4. The van der Waals surface area contributed by atoms with Gasteiger partial charge in [0.05, 0.1) is 11.8 Å². The van der Waals surface area contributed by atoms with E-state index in [1.807, 2.05) is 6.92 Å². The molecular formula is C17H30N2O. The highest BCUT2D eigenvalue weighted by atomic mass is 16.3. The van der Waals surface area contributed by atoms with Crippen LogP contribution in [0.5, 0.6) is 0 Å². The second kappa shape index (κ2) is 7.26. The molecule has 1 aromatic rings. The van der Waals surface area contributed by atoms with Crippen molar-refractivity contribution in [2.24, 2.45) is 5.92 Å². The van der Waals surface area contributed by atoms with E-state index in [9.17, 15) is 5.11 Å². The summed E-state index contributed by atoms with van der Waals surface area (Å²) in [6.07, 6.45) is 9.14. The smallest absolute Gasteiger partial charge is 0.0823 e. The summed E-state index contributed by atoms with van der Waals surface area (Å²) in [4.78, 5) is 0. The topological polar surface area (TPSA) is 38.0 Å². The van der Waals surface area contributed by atoms with Crippen molar-refractivity contribution >= 4 is 0 Å². The normalized spacial score (nSPS) is 18.4. The first-order valence-electron chi connectivity index (χ1n) is 8.47. The third kappa shape index (κ3) is 3.25. The molecule has 1 heterocycles. The predicted molar refractivity (Wildman–Crippen MR) is 82.8 cm³/mol. The minimum atomic E-state index is -0.347. The minimum Gasteiger partial charge on any atom is -0.388 e. The third-order valence-electron chi connectivity index (χ3n) is 4.72. The second-order valence-corrected chi connectivity index (χ2v) is 6.12.